The Kier molecular flexibility index (Phi) is 2.74. The standard InChI is InChI=1S/C14H10F3N3/c1-9-8-12(19-13-6-7-18-20(9)13)10-2-4-11(5-3-10)14(15,16)17/h2-8H,1H3. The van der Waals surface area contributed by atoms with E-state index in [4.69, 9.17) is 0 Å². The molecular weight excluding hydrogens is 267 g/mol. The van der Waals surface area contributed by atoms with Gasteiger partial charge in [0.15, 0.2) is 5.65 Å². The van der Waals surface area contributed by atoms with E-state index in [1.807, 2.05) is 6.92 Å². The third-order valence-electron chi connectivity index (χ3n) is 3.05. The predicted molar refractivity (Wildman–Crippen MR) is 68.2 cm³/mol. The number of fused-ring (bicyclic) bond motifs is 1. The van der Waals surface area contributed by atoms with Gasteiger partial charge in [-0.3, -0.25) is 0 Å². The second kappa shape index (κ2) is 4.33. The summed E-state index contributed by atoms with van der Waals surface area (Å²) < 4.78 is 39.3. The number of alkyl halides is 3. The van der Waals surface area contributed by atoms with E-state index < -0.39 is 11.7 Å². The topological polar surface area (TPSA) is 30.2 Å². The van der Waals surface area contributed by atoms with Crippen molar-refractivity contribution in [3.63, 3.8) is 0 Å². The third-order valence-corrected chi connectivity index (χ3v) is 3.05. The largest absolute Gasteiger partial charge is 0.416 e. The Labute approximate surface area is 112 Å². The van der Waals surface area contributed by atoms with E-state index in [9.17, 15) is 13.2 Å². The van der Waals surface area contributed by atoms with Gasteiger partial charge < -0.3 is 0 Å². The number of halogens is 3. The van der Waals surface area contributed by atoms with Crippen LogP contribution in [0.3, 0.4) is 0 Å². The summed E-state index contributed by atoms with van der Waals surface area (Å²) in [6.45, 7) is 1.87. The molecule has 0 saturated carbocycles. The first kappa shape index (κ1) is 12.7. The van der Waals surface area contributed by atoms with Gasteiger partial charge in [0.05, 0.1) is 17.5 Å². The van der Waals surface area contributed by atoms with Crippen LogP contribution in [0.1, 0.15) is 11.3 Å². The van der Waals surface area contributed by atoms with Gasteiger partial charge in [-0.15, -0.1) is 0 Å². The van der Waals surface area contributed by atoms with Gasteiger partial charge in [-0.25, -0.2) is 9.50 Å². The van der Waals surface area contributed by atoms with Crippen LogP contribution in [0.5, 0.6) is 0 Å². The van der Waals surface area contributed by atoms with Crippen LogP contribution in [0, 0.1) is 6.92 Å². The Morgan fingerprint density at radius 1 is 1.05 bits per heavy atom. The molecule has 102 valence electrons. The van der Waals surface area contributed by atoms with Crippen molar-refractivity contribution in [1.82, 2.24) is 14.6 Å². The summed E-state index contributed by atoms with van der Waals surface area (Å²) >= 11 is 0. The molecule has 0 radical (unpaired) electrons. The van der Waals surface area contributed by atoms with Gasteiger partial charge in [0, 0.05) is 17.3 Å². The molecule has 3 aromatic rings. The Morgan fingerprint density at radius 3 is 2.40 bits per heavy atom. The van der Waals surface area contributed by atoms with Gasteiger partial charge in [0.2, 0.25) is 0 Å². The summed E-state index contributed by atoms with van der Waals surface area (Å²) in [5.41, 5.74) is 2.15. The normalized spacial score (nSPS) is 12.0. The zero-order valence-corrected chi connectivity index (χ0v) is 10.5. The summed E-state index contributed by atoms with van der Waals surface area (Å²) in [7, 11) is 0. The van der Waals surface area contributed by atoms with Crippen molar-refractivity contribution in [1.29, 1.82) is 0 Å². The molecule has 2 heterocycles. The number of hydrogen-bond acceptors (Lipinski definition) is 2. The van der Waals surface area contributed by atoms with Crippen LogP contribution in [0.25, 0.3) is 16.9 Å². The average molecular weight is 277 g/mol. The maximum absolute atomic E-state index is 12.5. The first-order valence-corrected chi connectivity index (χ1v) is 5.94. The number of hydrogen-bond donors (Lipinski definition) is 0. The summed E-state index contributed by atoms with van der Waals surface area (Å²) in [6.07, 6.45) is -2.69. The van der Waals surface area contributed by atoms with Crippen molar-refractivity contribution in [3.8, 4) is 11.3 Å². The van der Waals surface area contributed by atoms with Crippen molar-refractivity contribution in [2.45, 2.75) is 13.1 Å². The first-order chi connectivity index (χ1) is 9.45. The lowest BCUT2D eigenvalue weighted by Crippen LogP contribution is -2.04. The second-order valence-electron chi connectivity index (χ2n) is 4.46. The molecule has 3 nitrogen and oxygen atoms in total. The minimum absolute atomic E-state index is 0.629. The number of aromatic nitrogens is 3. The highest BCUT2D eigenvalue weighted by Gasteiger charge is 2.30. The van der Waals surface area contributed by atoms with E-state index in [0.29, 0.717) is 16.9 Å². The lowest BCUT2D eigenvalue weighted by Gasteiger charge is -2.08. The van der Waals surface area contributed by atoms with Crippen molar-refractivity contribution >= 4 is 5.65 Å². The molecular formula is C14H10F3N3. The Bertz CT molecular complexity index is 757. The molecule has 0 saturated heterocycles. The van der Waals surface area contributed by atoms with Crippen LogP contribution in [-0.4, -0.2) is 14.6 Å². The lowest BCUT2D eigenvalue weighted by molar-refractivity contribution is -0.137. The monoisotopic (exact) mass is 277 g/mol. The molecule has 0 aliphatic heterocycles. The average Bonchev–Trinajstić information content (AvgIpc) is 2.86. The molecule has 0 atom stereocenters. The zero-order valence-electron chi connectivity index (χ0n) is 10.5. The SMILES string of the molecule is Cc1cc(-c2ccc(C(F)(F)F)cc2)nc2ccnn12. The fourth-order valence-corrected chi connectivity index (χ4v) is 2.05. The van der Waals surface area contributed by atoms with E-state index in [1.54, 1.807) is 22.8 Å². The third kappa shape index (κ3) is 2.13. The number of benzene rings is 1. The molecule has 0 fully saturated rings. The van der Waals surface area contributed by atoms with Crippen LogP contribution >= 0.6 is 0 Å². The fraction of sp³-hybridized carbons (Fsp3) is 0.143. The van der Waals surface area contributed by atoms with Crippen LogP contribution in [0.4, 0.5) is 13.2 Å². The summed E-state index contributed by atoms with van der Waals surface area (Å²) in [5.74, 6) is 0. The molecule has 0 aliphatic rings. The van der Waals surface area contributed by atoms with E-state index in [2.05, 4.69) is 10.1 Å². The quantitative estimate of drug-likeness (QED) is 0.678. The highest BCUT2D eigenvalue weighted by atomic mass is 19.4. The molecule has 0 unspecified atom stereocenters. The zero-order chi connectivity index (χ0) is 14.3. The number of aryl methyl sites for hydroxylation is 1. The molecule has 1 aromatic carbocycles. The molecule has 3 rings (SSSR count). The van der Waals surface area contributed by atoms with Crippen molar-refractivity contribution in [2.75, 3.05) is 0 Å². The molecule has 20 heavy (non-hydrogen) atoms. The van der Waals surface area contributed by atoms with Crippen molar-refractivity contribution in [3.05, 3.63) is 53.9 Å². The fourth-order valence-electron chi connectivity index (χ4n) is 2.05. The molecule has 2 aromatic heterocycles. The van der Waals surface area contributed by atoms with E-state index in [-0.39, 0.29) is 0 Å². The molecule has 0 amide bonds. The van der Waals surface area contributed by atoms with Crippen LogP contribution < -0.4 is 0 Å². The predicted octanol–water partition coefficient (Wildman–Crippen LogP) is 3.72. The highest BCUT2D eigenvalue weighted by Crippen LogP contribution is 2.30. The van der Waals surface area contributed by atoms with Crippen molar-refractivity contribution in [2.24, 2.45) is 0 Å². The number of rotatable bonds is 1. The smallest absolute Gasteiger partial charge is 0.229 e. The molecule has 0 aliphatic carbocycles. The van der Waals surface area contributed by atoms with Gasteiger partial charge >= 0.3 is 6.18 Å². The van der Waals surface area contributed by atoms with Crippen LogP contribution in [0.15, 0.2) is 42.6 Å². The molecule has 0 N–H and O–H groups in total. The molecule has 6 heteroatoms. The minimum Gasteiger partial charge on any atom is -0.229 e. The second-order valence-corrected chi connectivity index (χ2v) is 4.46. The lowest BCUT2D eigenvalue weighted by atomic mass is 10.1. The van der Waals surface area contributed by atoms with Crippen LogP contribution in [-0.2, 0) is 6.18 Å². The highest BCUT2D eigenvalue weighted by molar-refractivity contribution is 5.62. The van der Waals surface area contributed by atoms with E-state index in [1.165, 1.54) is 12.1 Å². The molecule has 0 bridgehead atoms. The summed E-state index contributed by atoms with van der Waals surface area (Å²) in [4.78, 5) is 4.38. The summed E-state index contributed by atoms with van der Waals surface area (Å²) in [5, 5.41) is 4.10. The van der Waals surface area contributed by atoms with Gasteiger partial charge in [0.25, 0.3) is 0 Å². The maximum Gasteiger partial charge on any atom is 0.416 e. The van der Waals surface area contributed by atoms with Gasteiger partial charge in [-0.05, 0) is 25.1 Å². The van der Waals surface area contributed by atoms with Gasteiger partial charge in [0.1, 0.15) is 0 Å². The maximum atomic E-state index is 12.5. The Hall–Kier alpha value is -2.37. The minimum atomic E-state index is -4.32. The molecule has 0 spiro atoms. The first-order valence-electron chi connectivity index (χ1n) is 5.94. The number of nitrogens with zero attached hydrogens (tertiary/aromatic N) is 3. The van der Waals surface area contributed by atoms with E-state index in [0.717, 1.165) is 17.8 Å². The van der Waals surface area contributed by atoms with Crippen molar-refractivity contribution < 1.29 is 13.2 Å². The van der Waals surface area contributed by atoms with E-state index >= 15 is 0 Å². The van der Waals surface area contributed by atoms with Crippen LogP contribution in [0.2, 0.25) is 0 Å². The van der Waals surface area contributed by atoms with Gasteiger partial charge in [-0.2, -0.15) is 18.3 Å². The van der Waals surface area contributed by atoms with Gasteiger partial charge in [-0.1, -0.05) is 12.1 Å². The Morgan fingerprint density at radius 2 is 1.75 bits per heavy atom. The summed E-state index contributed by atoms with van der Waals surface area (Å²) in [6, 6.07) is 8.53. The Balaban J connectivity index is 2.06.